The van der Waals surface area contributed by atoms with Gasteiger partial charge in [-0.3, -0.25) is 71.9 Å². The Hall–Kier alpha value is -8.30. The van der Waals surface area contributed by atoms with Crippen molar-refractivity contribution in [3.63, 3.8) is 0 Å². The summed E-state index contributed by atoms with van der Waals surface area (Å²) in [5, 5.41) is 119. The number of aromatic nitrogens is 2. The molecule has 1 aromatic rings. The monoisotopic (exact) mass is 2080 g/mol. The van der Waals surface area contributed by atoms with Crippen LogP contribution in [0.1, 0.15) is 299 Å². The number of aromatic amines is 1. The second-order valence-electron chi connectivity index (χ2n) is 40.8. The van der Waals surface area contributed by atoms with Gasteiger partial charge in [-0.25, -0.2) is 4.79 Å². The number of aliphatic hydroxyl groups is 9. The van der Waals surface area contributed by atoms with Crippen molar-refractivity contribution in [2.45, 2.75) is 397 Å². The largest absolute Gasteiger partial charge is 0.394 e. The van der Waals surface area contributed by atoms with Crippen LogP contribution in [-0.4, -0.2) is 348 Å². The molecule has 45 nitrogen and oxygen atoms in total. The van der Waals surface area contributed by atoms with Crippen LogP contribution in [-0.2, 0) is 105 Å². The van der Waals surface area contributed by atoms with Crippen LogP contribution in [0.25, 0.3) is 6.08 Å². The average Bonchev–Trinajstić information content (AvgIpc) is 1.65. The van der Waals surface area contributed by atoms with Crippen LogP contribution in [0, 0.1) is 16.7 Å². The zero-order valence-electron chi connectivity index (χ0n) is 87.4. The molecule has 1 aromatic heterocycles. The van der Waals surface area contributed by atoms with Gasteiger partial charge in [0.15, 0.2) is 18.9 Å². The van der Waals surface area contributed by atoms with E-state index in [1.54, 1.807) is 0 Å². The van der Waals surface area contributed by atoms with E-state index in [1.807, 2.05) is 0 Å². The molecule has 4 saturated heterocycles. The average molecular weight is 2080 g/mol. The number of rotatable bonds is 76. The molecule has 0 bridgehead atoms. The number of Topliss-reactive ketones (excluding diaryl/α,β-unsaturated/α-hetero) is 2. The molecule has 5 heterocycles. The third kappa shape index (κ3) is 51.5. The van der Waals surface area contributed by atoms with Gasteiger partial charge in [0.2, 0.25) is 59.1 Å². The molecule has 45 heteroatoms. The van der Waals surface area contributed by atoms with Gasteiger partial charge >= 0.3 is 5.69 Å². The highest BCUT2D eigenvalue weighted by atomic mass is 16.7. The summed E-state index contributed by atoms with van der Waals surface area (Å²) in [4.78, 5) is 181. The summed E-state index contributed by atoms with van der Waals surface area (Å²) < 4.78 is 60.4. The van der Waals surface area contributed by atoms with Crippen LogP contribution in [0.2, 0.25) is 0 Å². The number of H-pyrrole nitrogens is 1. The summed E-state index contributed by atoms with van der Waals surface area (Å²) in [6.07, 6.45) is 5.64. The fraction of sp³-hybridized carbons (Fsp3) is 0.822. The maximum absolute atomic E-state index is 14.2. The Morgan fingerprint density at radius 1 is 0.390 bits per heavy atom. The summed E-state index contributed by atoms with van der Waals surface area (Å²) >= 11 is 0. The molecule has 5 rings (SSSR count). The quantitative estimate of drug-likeness (QED) is 0.0324. The standard InChI is InChI=1S/C101H174N12O33/c1-66(117)108-85-91(132)88(129)74(60-114)144-95(85)140-51-28-23-36-71(121)35-22-27-46-103-80(125)42-54-137-63-101(64-138-55-43-81(126)106-49-31-47-104-77(122)37-24-29-52-141-96-86(109-67(2)118)92(133)89(130)75(61-115)145-96,65-139-56-44-82(127)107-50-32-48-105-78(123)38-25-30-53-142-97-87(110-68(3)119)93(134)90(131)76(62-116)146-97)112-83(128)39-21-17-13-11-10-12-15-19-33-70(120)34-20-16-14-18-26-45-102-79(124)41-40-69-59-113(98(136)111-94(69)135)84-57-72(100(7,8)9)73(143-84)58-99(4,5)6/h40-41,59,72-76,84-93,95-97,114-116,129-134H,10-39,42-58,60-65H2,1-9H3,(H,102,124)(H,103,125)(H,104,122)(H,105,123)(H,106,126)(H,107,127)(H,108,117)(H,109,118)(H,110,119)(H,112,128)(H,111,135,136)/b41-40+/t72?,73-,74?,75?,76?,84-,85?,86?,87?,88-,89-,90-,91-,92-,93-,95-,96-,97-,101?/m1/s1. The minimum Gasteiger partial charge on any atom is -0.394 e. The van der Waals surface area contributed by atoms with Crippen molar-refractivity contribution in [2.75, 3.05) is 119 Å². The maximum Gasteiger partial charge on any atom is 0.330 e. The van der Waals surface area contributed by atoms with Gasteiger partial charge in [0.1, 0.15) is 96.4 Å². The Morgan fingerprint density at radius 2 is 0.712 bits per heavy atom. The highest BCUT2D eigenvalue weighted by Crippen LogP contribution is 2.47. The van der Waals surface area contributed by atoms with Crippen molar-refractivity contribution < 1.29 is 151 Å². The van der Waals surface area contributed by atoms with Crippen LogP contribution < -0.4 is 64.4 Å². The number of ether oxygens (including phenoxy) is 10. The smallest absolute Gasteiger partial charge is 0.330 e. The lowest BCUT2D eigenvalue weighted by Crippen LogP contribution is -2.64. The lowest BCUT2D eigenvalue weighted by atomic mass is 9.73. The molecule has 146 heavy (non-hydrogen) atoms. The van der Waals surface area contributed by atoms with Gasteiger partial charge in [-0.2, -0.15) is 0 Å². The highest BCUT2D eigenvalue weighted by molar-refractivity contribution is 5.91. The zero-order chi connectivity index (χ0) is 108. The fourth-order valence-electron chi connectivity index (χ4n) is 17.5. The first-order valence-electron chi connectivity index (χ1n) is 52.5. The van der Waals surface area contributed by atoms with Crippen LogP contribution in [0.15, 0.2) is 21.9 Å². The van der Waals surface area contributed by atoms with E-state index in [1.165, 1.54) is 43.7 Å². The Morgan fingerprint density at radius 3 is 1.08 bits per heavy atom. The topological polar surface area (TPSA) is 654 Å². The molecule has 836 valence electrons. The van der Waals surface area contributed by atoms with E-state index in [-0.39, 0.29) is 225 Å². The minimum atomic E-state index is -1.47. The SMILES string of the molecule is CC(=O)NC1[C@H](OCCCCC(=O)CCCCNC(=O)CCOCC(COCCC(=O)NCCCNC(=O)CCCCO[C@@H]2OC(CO)[C@@H](O)[C@H](O)C2NC(C)=O)(COCCC(=O)NCCCNC(=O)CCCCO[C@@H]2OC(CO)[C@@H](O)[C@H](O)C2NC(C)=O)NC(=O)CCCCCCCCCCC(=O)CCCCCCCNC(=O)/C=C/c2cn([C@H]3CC(C(C)(C)C)[C@@H](CC(C)(C)C)O3)c(=O)[nH]c2=O)OC(CO)[C@@H](O)[C@@H]1O. The van der Waals surface area contributed by atoms with Crippen molar-refractivity contribution >= 4 is 76.7 Å². The van der Waals surface area contributed by atoms with Gasteiger partial charge in [-0.15, -0.1) is 0 Å². The number of nitrogens with zero attached hydrogens (tertiary/aromatic N) is 1. The molecule has 4 aliphatic rings. The van der Waals surface area contributed by atoms with E-state index in [2.05, 4.69) is 99.7 Å². The normalized spacial score (nSPS) is 23.6. The first-order chi connectivity index (χ1) is 69.6. The molecule has 0 radical (unpaired) electrons. The maximum atomic E-state index is 14.2. The summed E-state index contributed by atoms with van der Waals surface area (Å²) in [6, 6.07) is -3.31. The molecule has 10 amide bonds. The van der Waals surface area contributed by atoms with Gasteiger partial charge < -0.3 is 146 Å². The Labute approximate surface area is 857 Å². The molecule has 4 aliphatic heterocycles. The van der Waals surface area contributed by atoms with E-state index in [0.29, 0.717) is 96.4 Å². The molecule has 7 unspecified atom stereocenters. The number of nitrogens with one attached hydrogen (secondary N) is 11. The van der Waals surface area contributed by atoms with E-state index in [4.69, 9.17) is 47.4 Å². The van der Waals surface area contributed by atoms with Crippen molar-refractivity contribution in [3.05, 3.63) is 38.7 Å². The summed E-state index contributed by atoms with van der Waals surface area (Å²) in [5.74, 6) is -3.45. The van der Waals surface area contributed by atoms with Crippen LogP contribution >= 0.6 is 0 Å². The third-order valence-electron chi connectivity index (χ3n) is 25.6. The predicted molar refractivity (Wildman–Crippen MR) is 534 cm³/mol. The fourth-order valence-corrected chi connectivity index (χ4v) is 17.5. The van der Waals surface area contributed by atoms with Crippen molar-refractivity contribution in [3.8, 4) is 0 Å². The summed E-state index contributed by atoms with van der Waals surface area (Å²) in [7, 11) is 0. The first-order valence-corrected chi connectivity index (χ1v) is 52.5. The molecule has 18 atom stereocenters. The van der Waals surface area contributed by atoms with E-state index >= 15 is 0 Å². The number of hydrogen-bond donors (Lipinski definition) is 20. The predicted octanol–water partition coefficient (Wildman–Crippen LogP) is 1.43. The minimum absolute atomic E-state index is 0.00472. The lowest BCUT2D eigenvalue weighted by molar-refractivity contribution is -0.270. The summed E-state index contributed by atoms with van der Waals surface area (Å²) in [5.41, 5.74) is -2.51. The number of aliphatic hydroxyl groups excluding tert-OH is 9. The molecule has 0 aliphatic carbocycles. The van der Waals surface area contributed by atoms with E-state index in [0.717, 1.165) is 83.5 Å². The van der Waals surface area contributed by atoms with Gasteiger partial charge in [-0.05, 0) is 126 Å². The van der Waals surface area contributed by atoms with E-state index < -0.39 is 152 Å². The Kier molecular flexibility index (Phi) is 62.1. The highest BCUT2D eigenvalue weighted by Gasteiger charge is 2.50. The zero-order valence-corrected chi connectivity index (χ0v) is 87.4. The molecule has 20 N–H and O–H groups in total. The molecule has 0 saturated carbocycles. The Balaban J connectivity index is 1.09. The number of ketones is 2. The van der Waals surface area contributed by atoms with E-state index in [9.17, 15) is 113 Å². The second kappa shape index (κ2) is 70.7. The van der Waals surface area contributed by atoms with Crippen molar-refractivity contribution in [1.29, 1.82) is 0 Å². The number of amides is 10. The summed E-state index contributed by atoms with van der Waals surface area (Å²) in [6.45, 7) is 15.5. The van der Waals surface area contributed by atoms with Crippen molar-refractivity contribution in [1.82, 2.24) is 62.7 Å². The van der Waals surface area contributed by atoms with Gasteiger partial charge in [0.25, 0.3) is 5.56 Å². The number of carbonyl (C=O) groups excluding carboxylic acids is 12. The second-order valence-corrected chi connectivity index (χ2v) is 40.8. The van der Waals surface area contributed by atoms with Crippen LogP contribution in [0.3, 0.4) is 0 Å². The van der Waals surface area contributed by atoms with Gasteiger partial charge in [0, 0.05) is 156 Å². The van der Waals surface area contributed by atoms with Crippen LogP contribution in [0.5, 0.6) is 0 Å². The van der Waals surface area contributed by atoms with Crippen molar-refractivity contribution in [2.24, 2.45) is 16.7 Å². The first kappa shape index (κ1) is 128. The Bertz CT molecular complexity index is 3940. The number of unbranched alkanes of at least 4 members (excludes halogenated alkanes) is 15. The lowest BCUT2D eigenvalue weighted by Gasteiger charge is -2.42. The molecule has 0 spiro atoms. The number of carbonyl (C=O) groups is 12. The third-order valence-corrected chi connectivity index (χ3v) is 25.6. The molecule has 0 aromatic carbocycles. The number of hydrogen-bond acceptors (Lipinski definition) is 33. The molecular formula is C101H174N12O33. The van der Waals surface area contributed by atoms with Crippen LogP contribution in [0.4, 0.5) is 0 Å². The molecule has 4 fully saturated rings. The molecular weight excluding hydrogens is 1910 g/mol. The van der Waals surface area contributed by atoms with Gasteiger partial charge in [0.05, 0.1) is 71.1 Å². The van der Waals surface area contributed by atoms with Gasteiger partial charge in [-0.1, -0.05) is 99.3 Å².